The largest absolute Gasteiger partial charge is 0.356 e. The molecule has 2 aromatic rings. The Hall–Kier alpha value is -1.90. The Morgan fingerprint density at radius 3 is 2.50 bits per heavy atom. The lowest BCUT2D eigenvalue weighted by atomic mass is 10.0. The molecule has 0 aliphatic rings. The van der Waals surface area contributed by atoms with Crippen LogP contribution < -0.4 is 15.8 Å². The van der Waals surface area contributed by atoms with Crippen LogP contribution in [0.5, 0.6) is 0 Å². The molecule has 1 aromatic heterocycles. The maximum absolute atomic E-state index is 11.3. The topological polar surface area (TPSA) is 96.6 Å². The van der Waals surface area contributed by atoms with Crippen molar-refractivity contribution in [2.24, 2.45) is 10.1 Å². The van der Waals surface area contributed by atoms with Gasteiger partial charge < -0.3 is 10.6 Å². The Morgan fingerprint density at radius 2 is 1.92 bits per heavy atom. The molecule has 2 rings (SSSR count). The summed E-state index contributed by atoms with van der Waals surface area (Å²) in [6.07, 6.45) is 0. The molecular weight excluding hydrogens is 344 g/mol. The summed E-state index contributed by atoms with van der Waals surface area (Å²) in [6, 6.07) is 13.5. The summed E-state index contributed by atoms with van der Waals surface area (Å²) in [5, 5.41) is 11.6. The minimum Gasteiger partial charge on any atom is -0.356 e. The first-order chi connectivity index (χ1) is 11.4. The third-order valence-electron chi connectivity index (χ3n) is 3.52. The number of primary sulfonamides is 1. The van der Waals surface area contributed by atoms with E-state index in [2.05, 4.69) is 34.7 Å². The standard InChI is InChI=1S/C16H22N4O2S2/c1-12(13-6-4-3-5-7-13)10-19-16(18-2)20-11-14-8-9-15(23-14)24(17,21)22/h3-9,12H,10-11H2,1-2H3,(H2,17,21,22)(H2,18,19,20). The van der Waals surface area contributed by atoms with Crippen molar-refractivity contribution in [3.63, 3.8) is 0 Å². The van der Waals surface area contributed by atoms with Crippen LogP contribution in [0.25, 0.3) is 0 Å². The Kier molecular flexibility index (Phi) is 6.36. The van der Waals surface area contributed by atoms with Crippen molar-refractivity contribution in [3.05, 3.63) is 52.9 Å². The number of hydrogen-bond donors (Lipinski definition) is 3. The van der Waals surface area contributed by atoms with Crippen molar-refractivity contribution >= 4 is 27.3 Å². The lowest BCUT2D eigenvalue weighted by Crippen LogP contribution is -2.38. The Morgan fingerprint density at radius 1 is 1.21 bits per heavy atom. The minimum absolute atomic E-state index is 0.167. The molecule has 1 unspecified atom stereocenters. The van der Waals surface area contributed by atoms with Gasteiger partial charge in [0.05, 0.1) is 6.54 Å². The summed E-state index contributed by atoms with van der Waals surface area (Å²) in [5.41, 5.74) is 1.26. The molecule has 24 heavy (non-hydrogen) atoms. The van der Waals surface area contributed by atoms with Crippen LogP contribution >= 0.6 is 11.3 Å². The van der Waals surface area contributed by atoms with E-state index in [4.69, 9.17) is 5.14 Å². The zero-order chi connectivity index (χ0) is 17.6. The first kappa shape index (κ1) is 18.4. The highest BCUT2D eigenvalue weighted by atomic mass is 32.2. The van der Waals surface area contributed by atoms with Gasteiger partial charge in [-0.1, -0.05) is 37.3 Å². The summed E-state index contributed by atoms with van der Waals surface area (Å²) < 4.78 is 22.7. The second kappa shape index (κ2) is 8.27. The maximum Gasteiger partial charge on any atom is 0.247 e. The number of hydrogen-bond acceptors (Lipinski definition) is 4. The fourth-order valence-corrected chi connectivity index (χ4v) is 3.87. The molecule has 6 nitrogen and oxygen atoms in total. The molecule has 0 radical (unpaired) electrons. The van der Waals surface area contributed by atoms with Gasteiger partial charge in [0.15, 0.2) is 5.96 Å². The van der Waals surface area contributed by atoms with Crippen LogP contribution in [0.15, 0.2) is 51.7 Å². The van der Waals surface area contributed by atoms with Crippen molar-refractivity contribution in [2.75, 3.05) is 13.6 Å². The third-order valence-corrected chi connectivity index (χ3v) is 6.04. The number of rotatable bonds is 6. The van der Waals surface area contributed by atoms with E-state index in [-0.39, 0.29) is 4.21 Å². The quantitative estimate of drug-likeness (QED) is 0.537. The SMILES string of the molecule is CN=C(NCc1ccc(S(N)(=O)=O)s1)NCC(C)c1ccccc1. The maximum atomic E-state index is 11.3. The Bertz CT molecular complexity index is 785. The van der Waals surface area contributed by atoms with Gasteiger partial charge in [0.2, 0.25) is 10.0 Å². The predicted octanol–water partition coefficient (Wildman–Crippen LogP) is 1.86. The summed E-state index contributed by atoms with van der Waals surface area (Å²) in [6.45, 7) is 3.38. The molecule has 1 aromatic carbocycles. The van der Waals surface area contributed by atoms with E-state index >= 15 is 0 Å². The average molecular weight is 367 g/mol. The molecular formula is C16H22N4O2S2. The molecule has 0 aliphatic carbocycles. The van der Waals surface area contributed by atoms with Crippen molar-refractivity contribution in [3.8, 4) is 0 Å². The van der Waals surface area contributed by atoms with Gasteiger partial charge in [0.1, 0.15) is 4.21 Å². The molecule has 0 saturated heterocycles. The van der Waals surface area contributed by atoms with Gasteiger partial charge in [0, 0.05) is 18.5 Å². The van der Waals surface area contributed by atoms with Gasteiger partial charge in [-0.25, -0.2) is 13.6 Å². The number of benzene rings is 1. The highest BCUT2D eigenvalue weighted by Crippen LogP contribution is 2.20. The number of thiophene rings is 1. The van der Waals surface area contributed by atoms with Crippen molar-refractivity contribution in [1.29, 1.82) is 0 Å². The molecule has 0 fully saturated rings. The Balaban J connectivity index is 1.86. The number of nitrogens with two attached hydrogens (primary N) is 1. The molecule has 130 valence electrons. The molecule has 4 N–H and O–H groups in total. The van der Waals surface area contributed by atoms with Crippen LogP contribution in [0.1, 0.15) is 23.3 Å². The number of sulfonamides is 1. The van der Waals surface area contributed by atoms with Gasteiger partial charge in [-0.05, 0) is 23.6 Å². The van der Waals surface area contributed by atoms with Crippen LogP contribution in [0.2, 0.25) is 0 Å². The van der Waals surface area contributed by atoms with Crippen LogP contribution in [0, 0.1) is 0 Å². The van der Waals surface area contributed by atoms with Gasteiger partial charge >= 0.3 is 0 Å². The van der Waals surface area contributed by atoms with Crippen LogP contribution in [0.4, 0.5) is 0 Å². The van der Waals surface area contributed by atoms with Gasteiger partial charge in [-0.15, -0.1) is 11.3 Å². The van der Waals surface area contributed by atoms with Gasteiger partial charge in [-0.2, -0.15) is 0 Å². The molecule has 0 bridgehead atoms. The van der Waals surface area contributed by atoms with Crippen LogP contribution in [0.3, 0.4) is 0 Å². The first-order valence-corrected chi connectivity index (χ1v) is 9.87. The highest BCUT2D eigenvalue weighted by molar-refractivity contribution is 7.91. The lowest BCUT2D eigenvalue weighted by Gasteiger charge is -2.16. The molecule has 0 amide bonds. The van der Waals surface area contributed by atoms with Crippen molar-refractivity contribution in [1.82, 2.24) is 10.6 Å². The van der Waals surface area contributed by atoms with Crippen LogP contribution in [-0.2, 0) is 16.6 Å². The van der Waals surface area contributed by atoms with Crippen LogP contribution in [-0.4, -0.2) is 28.0 Å². The molecule has 1 heterocycles. The number of nitrogens with zero attached hydrogens (tertiary/aromatic N) is 1. The third kappa shape index (κ3) is 5.33. The summed E-state index contributed by atoms with van der Waals surface area (Å²) in [4.78, 5) is 5.05. The number of guanidine groups is 1. The van der Waals surface area contributed by atoms with E-state index in [0.717, 1.165) is 22.8 Å². The summed E-state index contributed by atoms with van der Waals surface area (Å²) in [5.74, 6) is 1.02. The Labute approximate surface area is 146 Å². The highest BCUT2D eigenvalue weighted by Gasteiger charge is 2.11. The summed E-state index contributed by atoms with van der Waals surface area (Å²) in [7, 11) is -1.93. The van der Waals surface area contributed by atoms with E-state index in [9.17, 15) is 8.42 Å². The van der Waals surface area contributed by atoms with E-state index in [0.29, 0.717) is 18.4 Å². The molecule has 1 atom stereocenters. The van der Waals surface area contributed by atoms with Crippen molar-refractivity contribution < 1.29 is 8.42 Å². The van der Waals surface area contributed by atoms with E-state index in [1.807, 2.05) is 18.2 Å². The molecule has 0 aliphatic heterocycles. The van der Waals surface area contributed by atoms with E-state index < -0.39 is 10.0 Å². The number of aliphatic imine (C=N–C) groups is 1. The smallest absolute Gasteiger partial charge is 0.247 e. The fraction of sp³-hybridized carbons (Fsp3) is 0.312. The number of nitrogens with one attached hydrogen (secondary N) is 2. The first-order valence-electron chi connectivity index (χ1n) is 7.51. The lowest BCUT2D eigenvalue weighted by molar-refractivity contribution is 0.600. The van der Waals surface area contributed by atoms with Gasteiger partial charge in [0.25, 0.3) is 0 Å². The predicted molar refractivity (Wildman–Crippen MR) is 98.8 cm³/mol. The monoisotopic (exact) mass is 366 g/mol. The second-order valence-electron chi connectivity index (χ2n) is 5.38. The average Bonchev–Trinajstić information content (AvgIpc) is 3.05. The minimum atomic E-state index is -3.63. The van der Waals surface area contributed by atoms with E-state index in [1.54, 1.807) is 13.1 Å². The molecule has 0 saturated carbocycles. The normalized spacial score (nSPS) is 13.5. The molecule has 8 heteroatoms. The summed E-state index contributed by atoms with van der Waals surface area (Å²) >= 11 is 1.16. The zero-order valence-electron chi connectivity index (χ0n) is 13.7. The molecule has 0 spiro atoms. The second-order valence-corrected chi connectivity index (χ2v) is 8.34. The van der Waals surface area contributed by atoms with E-state index in [1.165, 1.54) is 11.6 Å². The fourth-order valence-electron chi connectivity index (χ4n) is 2.15. The zero-order valence-corrected chi connectivity index (χ0v) is 15.3. The van der Waals surface area contributed by atoms with Crippen molar-refractivity contribution in [2.45, 2.75) is 23.6 Å². The van der Waals surface area contributed by atoms with Gasteiger partial charge in [-0.3, -0.25) is 4.99 Å².